The van der Waals surface area contributed by atoms with E-state index in [1.807, 2.05) is 20.8 Å². The average Bonchev–Trinajstić information content (AvgIpc) is 2.52. The van der Waals surface area contributed by atoms with Crippen LogP contribution in [0.15, 0.2) is 18.2 Å². The summed E-state index contributed by atoms with van der Waals surface area (Å²) in [6, 6.07) is 4.38. The number of phenolic OH excluding ortho intramolecular Hbond substituents is 1. The highest BCUT2D eigenvalue weighted by Gasteiger charge is 2.16. The highest BCUT2D eigenvalue weighted by molar-refractivity contribution is 5.98. The minimum Gasteiger partial charge on any atom is -0.504 e. The molecular weight excluding hydrogens is 342 g/mol. The Labute approximate surface area is 163 Å². The molecule has 0 aliphatic rings. The second-order valence-electron chi connectivity index (χ2n) is 9.30. The number of ketones is 1. The van der Waals surface area contributed by atoms with Crippen LogP contribution in [0, 0.1) is 5.41 Å². The van der Waals surface area contributed by atoms with E-state index < -0.39 is 0 Å². The number of unbranched alkanes of at least 4 members (excludes halogenated alkanes) is 2. The van der Waals surface area contributed by atoms with Crippen LogP contribution in [0.3, 0.4) is 0 Å². The fourth-order valence-corrected chi connectivity index (χ4v) is 2.50. The normalized spacial score (nSPS) is 12.1. The summed E-state index contributed by atoms with van der Waals surface area (Å²) in [7, 11) is 0. The highest BCUT2D eigenvalue weighted by Crippen LogP contribution is 2.28. The number of nitrogens with one attached hydrogen (secondary N) is 1. The van der Waals surface area contributed by atoms with Crippen LogP contribution in [0.4, 0.5) is 0 Å². The van der Waals surface area contributed by atoms with Gasteiger partial charge in [-0.3, -0.25) is 9.59 Å². The van der Waals surface area contributed by atoms with Gasteiger partial charge in [0.2, 0.25) is 0 Å². The zero-order chi connectivity index (χ0) is 20.7. The molecular formula is C22H35NO4. The van der Waals surface area contributed by atoms with E-state index in [0.29, 0.717) is 17.4 Å². The molecule has 0 aliphatic carbocycles. The van der Waals surface area contributed by atoms with E-state index >= 15 is 0 Å². The van der Waals surface area contributed by atoms with Crippen LogP contribution in [0.2, 0.25) is 0 Å². The molecule has 5 nitrogen and oxygen atoms in total. The van der Waals surface area contributed by atoms with Crippen LogP contribution in [-0.4, -0.2) is 28.9 Å². The zero-order valence-electron chi connectivity index (χ0n) is 17.6. The van der Waals surface area contributed by atoms with E-state index in [1.165, 1.54) is 12.1 Å². The summed E-state index contributed by atoms with van der Waals surface area (Å²) in [5.74, 6) is -0.598. The summed E-state index contributed by atoms with van der Waals surface area (Å²) in [4.78, 5) is 24.1. The fraction of sp³-hybridized carbons (Fsp3) is 0.636. The molecule has 0 fully saturated rings. The molecule has 1 aromatic rings. The van der Waals surface area contributed by atoms with Gasteiger partial charge in [0, 0.05) is 17.5 Å². The van der Waals surface area contributed by atoms with Crippen molar-refractivity contribution >= 4 is 11.8 Å². The van der Waals surface area contributed by atoms with Gasteiger partial charge in [0.1, 0.15) is 0 Å². The first-order chi connectivity index (χ1) is 12.4. The first kappa shape index (κ1) is 23.2. The summed E-state index contributed by atoms with van der Waals surface area (Å²) >= 11 is 0. The Balaban J connectivity index is 2.47. The molecule has 0 saturated carbocycles. The van der Waals surface area contributed by atoms with Crippen molar-refractivity contribution in [3.8, 4) is 11.5 Å². The molecule has 0 saturated heterocycles. The van der Waals surface area contributed by atoms with E-state index in [4.69, 9.17) is 4.74 Å². The second-order valence-corrected chi connectivity index (χ2v) is 9.30. The van der Waals surface area contributed by atoms with Crippen LogP contribution in [0.25, 0.3) is 0 Å². The predicted molar refractivity (Wildman–Crippen MR) is 108 cm³/mol. The summed E-state index contributed by atoms with van der Waals surface area (Å²) in [5, 5.41) is 13.2. The van der Waals surface area contributed by atoms with Crippen molar-refractivity contribution in [3.63, 3.8) is 0 Å². The maximum absolute atomic E-state index is 12.2. The van der Waals surface area contributed by atoms with Crippen molar-refractivity contribution in [2.45, 2.75) is 79.2 Å². The summed E-state index contributed by atoms with van der Waals surface area (Å²) in [6.07, 6.45) is 4.28. The molecule has 0 atom stereocenters. The maximum atomic E-state index is 12.2. The lowest BCUT2D eigenvalue weighted by molar-refractivity contribution is -0.134. The summed E-state index contributed by atoms with van der Waals surface area (Å²) < 4.78 is 5.23. The molecule has 0 aliphatic heterocycles. The van der Waals surface area contributed by atoms with Crippen molar-refractivity contribution in [2.24, 2.45) is 5.41 Å². The highest BCUT2D eigenvalue weighted by atomic mass is 16.5. The van der Waals surface area contributed by atoms with E-state index in [9.17, 15) is 14.7 Å². The van der Waals surface area contributed by atoms with Gasteiger partial charge in [0.25, 0.3) is 0 Å². The van der Waals surface area contributed by atoms with Gasteiger partial charge in [-0.15, -0.1) is 0 Å². The van der Waals surface area contributed by atoms with Crippen LogP contribution >= 0.6 is 0 Å². The van der Waals surface area contributed by atoms with Crippen LogP contribution < -0.4 is 10.1 Å². The van der Waals surface area contributed by atoms with Gasteiger partial charge < -0.3 is 15.2 Å². The first-order valence-electron chi connectivity index (χ1n) is 9.69. The summed E-state index contributed by atoms with van der Waals surface area (Å²) in [6.45, 7) is 12.7. The minimum absolute atomic E-state index is 0.0926. The molecule has 0 unspecified atom stereocenters. The Morgan fingerprint density at radius 3 is 2.26 bits per heavy atom. The molecule has 1 rings (SSSR count). The third-order valence-corrected chi connectivity index (χ3v) is 4.09. The van der Waals surface area contributed by atoms with E-state index in [-0.39, 0.29) is 35.3 Å². The molecule has 0 spiro atoms. The van der Waals surface area contributed by atoms with Crippen molar-refractivity contribution < 1.29 is 19.4 Å². The van der Waals surface area contributed by atoms with Crippen LogP contribution in [-0.2, 0) is 4.79 Å². The third kappa shape index (κ3) is 10.1. The molecule has 0 bridgehead atoms. The van der Waals surface area contributed by atoms with E-state index in [1.54, 1.807) is 6.07 Å². The molecule has 0 amide bonds. The third-order valence-electron chi connectivity index (χ3n) is 4.09. The predicted octanol–water partition coefficient (Wildman–Crippen LogP) is 4.87. The van der Waals surface area contributed by atoms with Gasteiger partial charge in [0.15, 0.2) is 17.3 Å². The van der Waals surface area contributed by atoms with Crippen molar-refractivity contribution in [1.82, 2.24) is 5.32 Å². The smallest absolute Gasteiger partial charge is 0.311 e. The second kappa shape index (κ2) is 9.88. The van der Waals surface area contributed by atoms with Gasteiger partial charge in [-0.05, 0) is 57.2 Å². The van der Waals surface area contributed by atoms with Gasteiger partial charge >= 0.3 is 5.97 Å². The fourth-order valence-electron chi connectivity index (χ4n) is 2.50. The lowest BCUT2D eigenvalue weighted by atomic mass is 9.89. The van der Waals surface area contributed by atoms with Crippen molar-refractivity contribution in [3.05, 3.63) is 23.8 Å². The standard InChI is InChI=1S/C22H35NO4/c1-21(2,3)13-9-7-8-10-20(26)27-19-12-11-16(14-17(19)24)18(25)15-23-22(4,5)6/h11-12,14,23-24H,7-10,13,15H2,1-6H3. The molecule has 27 heavy (non-hydrogen) atoms. The number of ether oxygens (including phenoxy) is 1. The van der Waals surface area contributed by atoms with Gasteiger partial charge in [-0.25, -0.2) is 0 Å². The maximum Gasteiger partial charge on any atom is 0.311 e. The lowest BCUT2D eigenvalue weighted by Crippen LogP contribution is -2.39. The minimum atomic E-state index is -0.366. The molecule has 5 heteroatoms. The molecule has 2 N–H and O–H groups in total. The lowest BCUT2D eigenvalue weighted by Gasteiger charge is -2.19. The van der Waals surface area contributed by atoms with Crippen molar-refractivity contribution in [1.29, 1.82) is 0 Å². The number of hydrogen-bond acceptors (Lipinski definition) is 5. The Morgan fingerprint density at radius 1 is 1.04 bits per heavy atom. The molecule has 0 radical (unpaired) electrons. The Morgan fingerprint density at radius 2 is 1.70 bits per heavy atom. The molecule has 152 valence electrons. The number of Topliss-reactive ketones (excluding diaryl/α,β-unsaturated/α-hetero) is 1. The number of benzene rings is 1. The number of aromatic hydroxyl groups is 1. The topological polar surface area (TPSA) is 75.6 Å². The zero-order valence-corrected chi connectivity index (χ0v) is 17.6. The number of carbonyl (C=O) groups excluding carboxylic acids is 2. The average molecular weight is 378 g/mol. The van der Waals surface area contributed by atoms with E-state index in [2.05, 4.69) is 26.1 Å². The SMILES string of the molecule is CC(C)(C)CCCCCC(=O)Oc1ccc(C(=O)CNC(C)(C)C)cc1O. The van der Waals surface area contributed by atoms with Gasteiger partial charge in [0.05, 0.1) is 6.54 Å². The molecule has 0 aromatic heterocycles. The van der Waals surface area contributed by atoms with Gasteiger partial charge in [-0.1, -0.05) is 33.6 Å². The van der Waals surface area contributed by atoms with Crippen LogP contribution in [0.5, 0.6) is 11.5 Å². The number of hydrogen-bond donors (Lipinski definition) is 2. The number of esters is 1. The van der Waals surface area contributed by atoms with Crippen molar-refractivity contribution in [2.75, 3.05) is 6.54 Å². The molecule has 1 aromatic carbocycles. The number of carbonyl (C=O) groups is 2. The largest absolute Gasteiger partial charge is 0.504 e. The van der Waals surface area contributed by atoms with Gasteiger partial charge in [-0.2, -0.15) is 0 Å². The Kier molecular flexibility index (Phi) is 8.48. The monoisotopic (exact) mass is 377 g/mol. The Bertz CT molecular complexity index is 639. The summed E-state index contributed by atoms with van der Waals surface area (Å²) in [5.41, 5.74) is 0.528. The number of rotatable bonds is 9. The molecule has 0 heterocycles. The van der Waals surface area contributed by atoms with Crippen LogP contribution in [0.1, 0.15) is 84.0 Å². The Hall–Kier alpha value is -1.88. The quantitative estimate of drug-likeness (QED) is 0.278. The number of phenols is 1. The first-order valence-corrected chi connectivity index (χ1v) is 9.69. The van der Waals surface area contributed by atoms with E-state index in [0.717, 1.165) is 25.7 Å².